The summed E-state index contributed by atoms with van der Waals surface area (Å²) in [5, 5.41) is 0.887. The Morgan fingerprint density at radius 3 is 2.54 bits per heavy atom. The number of hydrazine groups is 1. The Hall–Kier alpha value is -3.62. The van der Waals surface area contributed by atoms with E-state index >= 15 is 0 Å². The molecule has 2 amide bonds. The van der Waals surface area contributed by atoms with E-state index in [0.717, 1.165) is 17.0 Å². The number of rotatable bonds is 10. The van der Waals surface area contributed by atoms with E-state index in [0.29, 0.717) is 33.8 Å². The van der Waals surface area contributed by atoms with Crippen LogP contribution in [0.25, 0.3) is 0 Å². The zero-order chi connectivity index (χ0) is 26.4. The summed E-state index contributed by atoms with van der Waals surface area (Å²) in [4.78, 5) is 27.1. The third kappa shape index (κ3) is 6.39. The fraction of sp³-hybridized carbons (Fsp3) is 0.259. The van der Waals surface area contributed by atoms with Gasteiger partial charge in [-0.15, -0.1) is 0 Å². The maximum atomic E-state index is 12.9. The number of hydrogen-bond donors (Lipinski definition) is 2. The molecule has 1 aliphatic heterocycles. The predicted molar refractivity (Wildman–Crippen MR) is 144 cm³/mol. The second-order valence-electron chi connectivity index (χ2n) is 8.32. The SMILES string of the molecule is CCOc1ccc(N2C[C@@H](C(=O)NNc3cccc(OC)c3OCc3ccc(Cl)c(Cl)c3)CC2=O)cc1. The lowest BCUT2D eigenvalue weighted by molar-refractivity contribution is -0.125. The average molecular weight is 544 g/mol. The fourth-order valence-corrected chi connectivity index (χ4v) is 4.28. The van der Waals surface area contributed by atoms with E-state index in [-0.39, 0.29) is 31.4 Å². The lowest BCUT2D eigenvalue weighted by atomic mass is 10.1. The van der Waals surface area contributed by atoms with Crippen LogP contribution in [0.1, 0.15) is 18.9 Å². The van der Waals surface area contributed by atoms with Gasteiger partial charge in [0, 0.05) is 18.7 Å². The van der Waals surface area contributed by atoms with Gasteiger partial charge in [0.05, 0.1) is 35.4 Å². The minimum atomic E-state index is -0.516. The summed E-state index contributed by atoms with van der Waals surface area (Å²) in [6.45, 7) is 2.95. The van der Waals surface area contributed by atoms with Gasteiger partial charge < -0.3 is 19.1 Å². The van der Waals surface area contributed by atoms with Crippen LogP contribution < -0.4 is 30.0 Å². The molecule has 3 aromatic rings. The number of carbonyl (C=O) groups is 2. The molecule has 0 unspecified atom stereocenters. The van der Waals surface area contributed by atoms with Gasteiger partial charge in [0.25, 0.3) is 0 Å². The molecule has 3 aromatic carbocycles. The zero-order valence-electron chi connectivity index (χ0n) is 20.4. The van der Waals surface area contributed by atoms with Crippen LogP contribution in [-0.2, 0) is 16.2 Å². The highest BCUT2D eigenvalue weighted by molar-refractivity contribution is 6.42. The first kappa shape index (κ1) is 26.4. The van der Waals surface area contributed by atoms with E-state index in [4.69, 9.17) is 37.4 Å². The first-order chi connectivity index (χ1) is 17.9. The highest BCUT2D eigenvalue weighted by atomic mass is 35.5. The van der Waals surface area contributed by atoms with Crippen molar-refractivity contribution in [1.82, 2.24) is 5.43 Å². The van der Waals surface area contributed by atoms with Gasteiger partial charge in [0.1, 0.15) is 12.4 Å². The van der Waals surface area contributed by atoms with E-state index in [1.54, 1.807) is 35.2 Å². The van der Waals surface area contributed by atoms with Crippen molar-refractivity contribution in [3.05, 3.63) is 76.3 Å². The topological polar surface area (TPSA) is 89.1 Å². The van der Waals surface area contributed by atoms with Crippen LogP contribution in [-0.4, -0.2) is 32.1 Å². The van der Waals surface area contributed by atoms with Gasteiger partial charge in [-0.1, -0.05) is 35.3 Å². The van der Waals surface area contributed by atoms with Crippen molar-refractivity contribution in [1.29, 1.82) is 0 Å². The Morgan fingerprint density at radius 2 is 1.84 bits per heavy atom. The number of benzene rings is 3. The molecule has 0 aliphatic carbocycles. The Bertz CT molecular complexity index is 1270. The number of para-hydroxylation sites is 1. The molecule has 1 aliphatic rings. The van der Waals surface area contributed by atoms with Crippen molar-refractivity contribution >= 4 is 46.4 Å². The van der Waals surface area contributed by atoms with Crippen LogP contribution in [0.15, 0.2) is 60.7 Å². The number of methoxy groups -OCH3 is 1. The Labute approximate surface area is 225 Å². The number of hydrogen-bond acceptors (Lipinski definition) is 6. The smallest absolute Gasteiger partial charge is 0.243 e. The predicted octanol–water partition coefficient (Wildman–Crippen LogP) is 5.48. The van der Waals surface area contributed by atoms with Gasteiger partial charge in [-0.3, -0.25) is 20.4 Å². The molecular weight excluding hydrogens is 517 g/mol. The monoisotopic (exact) mass is 543 g/mol. The van der Waals surface area contributed by atoms with Gasteiger partial charge in [0.15, 0.2) is 11.5 Å². The Kier molecular flexibility index (Phi) is 8.63. The highest BCUT2D eigenvalue weighted by Gasteiger charge is 2.35. The molecule has 4 rings (SSSR count). The van der Waals surface area contributed by atoms with Crippen molar-refractivity contribution in [2.75, 3.05) is 30.6 Å². The van der Waals surface area contributed by atoms with Crippen LogP contribution in [0.2, 0.25) is 10.0 Å². The first-order valence-corrected chi connectivity index (χ1v) is 12.5. The van der Waals surface area contributed by atoms with E-state index in [1.165, 1.54) is 7.11 Å². The number of amides is 2. The van der Waals surface area contributed by atoms with Crippen molar-refractivity contribution in [3.63, 3.8) is 0 Å². The molecule has 0 saturated carbocycles. The first-order valence-electron chi connectivity index (χ1n) is 11.7. The summed E-state index contributed by atoms with van der Waals surface area (Å²) in [6, 6.07) is 17.8. The van der Waals surface area contributed by atoms with Crippen LogP contribution >= 0.6 is 23.2 Å². The summed E-state index contributed by atoms with van der Waals surface area (Å²) >= 11 is 12.1. The third-order valence-electron chi connectivity index (χ3n) is 5.84. The zero-order valence-corrected chi connectivity index (χ0v) is 21.9. The van der Waals surface area contributed by atoms with Crippen LogP contribution in [0.4, 0.5) is 11.4 Å². The summed E-state index contributed by atoms with van der Waals surface area (Å²) in [6.07, 6.45) is 0.111. The number of nitrogens with zero attached hydrogens (tertiary/aromatic N) is 1. The largest absolute Gasteiger partial charge is 0.494 e. The standard InChI is InChI=1S/C27H27Cl2N3O5/c1-3-36-20-10-8-19(9-11-20)32-15-18(14-25(32)33)27(34)31-30-23-5-4-6-24(35-2)26(23)37-16-17-7-12-21(28)22(29)13-17/h4-13,18,30H,3,14-16H2,1-2H3,(H,31,34)/t18-/m0/s1. The molecule has 0 bridgehead atoms. The molecule has 37 heavy (non-hydrogen) atoms. The van der Waals surface area contributed by atoms with Crippen molar-refractivity contribution in [2.45, 2.75) is 20.0 Å². The molecule has 10 heteroatoms. The number of carbonyl (C=O) groups excluding carboxylic acids is 2. The molecule has 0 aromatic heterocycles. The number of ether oxygens (including phenoxy) is 3. The molecule has 0 radical (unpaired) electrons. The van der Waals surface area contributed by atoms with Crippen LogP contribution in [0.3, 0.4) is 0 Å². The van der Waals surface area contributed by atoms with E-state index in [9.17, 15) is 9.59 Å². The lowest BCUT2D eigenvalue weighted by Crippen LogP contribution is -2.36. The summed E-state index contributed by atoms with van der Waals surface area (Å²) in [5.41, 5.74) is 7.66. The van der Waals surface area contributed by atoms with Crippen molar-refractivity contribution in [3.8, 4) is 17.2 Å². The Morgan fingerprint density at radius 1 is 1.05 bits per heavy atom. The second kappa shape index (κ2) is 12.1. The highest BCUT2D eigenvalue weighted by Crippen LogP contribution is 2.36. The lowest BCUT2D eigenvalue weighted by Gasteiger charge is -2.19. The second-order valence-corrected chi connectivity index (χ2v) is 9.14. The molecule has 8 nitrogen and oxygen atoms in total. The molecule has 2 N–H and O–H groups in total. The van der Waals surface area contributed by atoms with Gasteiger partial charge in [-0.2, -0.15) is 0 Å². The van der Waals surface area contributed by atoms with E-state index in [2.05, 4.69) is 10.9 Å². The average Bonchev–Trinajstić information content (AvgIpc) is 3.30. The minimum Gasteiger partial charge on any atom is -0.494 e. The number of nitrogens with one attached hydrogen (secondary N) is 2. The molecule has 1 atom stereocenters. The molecule has 1 fully saturated rings. The molecule has 1 heterocycles. The number of halogens is 2. The quantitative estimate of drug-likeness (QED) is 0.329. The van der Waals surface area contributed by atoms with Crippen LogP contribution in [0, 0.1) is 5.92 Å². The van der Waals surface area contributed by atoms with Crippen molar-refractivity contribution < 1.29 is 23.8 Å². The molecule has 0 spiro atoms. The maximum Gasteiger partial charge on any atom is 0.243 e. The maximum absolute atomic E-state index is 12.9. The summed E-state index contributed by atoms with van der Waals surface area (Å²) < 4.78 is 16.9. The van der Waals surface area contributed by atoms with Crippen LogP contribution in [0.5, 0.6) is 17.2 Å². The van der Waals surface area contributed by atoms with E-state index < -0.39 is 5.92 Å². The van der Waals surface area contributed by atoms with Gasteiger partial charge >= 0.3 is 0 Å². The number of anilines is 2. The third-order valence-corrected chi connectivity index (χ3v) is 6.58. The molecule has 1 saturated heterocycles. The Balaban J connectivity index is 1.39. The summed E-state index contributed by atoms with van der Waals surface area (Å²) in [5.74, 6) is 0.688. The van der Waals surface area contributed by atoms with E-state index in [1.807, 2.05) is 37.3 Å². The summed E-state index contributed by atoms with van der Waals surface area (Å²) in [7, 11) is 1.53. The van der Waals surface area contributed by atoms with Gasteiger partial charge in [-0.05, 0) is 61.0 Å². The van der Waals surface area contributed by atoms with Crippen molar-refractivity contribution in [2.24, 2.45) is 5.92 Å². The van der Waals surface area contributed by atoms with Gasteiger partial charge in [-0.25, -0.2) is 0 Å². The fourth-order valence-electron chi connectivity index (χ4n) is 3.96. The normalized spacial score (nSPS) is 14.9. The molecule has 194 valence electrons. The van der Waals surface area contributed by atoms with Gasteiger partial charge in [0.2, 0.25) is 11.8 Å². The molecular formula is C27H27Cl2N3O5. The minimum absolute atomic E-state index is 0.111.